The number of hydrogen-bond donors (Lipinski definition) is 2. The van der Waals surface area contributed by atoms with Crippen molar-refractivity contribution in [1.82, 2.24) is 19.8 Å². The van der Waals surface area contributed by atoms with Gasteiger partial charge in [0, 0.05) is 57.8 Å². The number of aliphatic imine (C=N–C) groups is 1. The molecule has 2 aromatic rings. The van der Waals surface area contributed by atoms with Crippen LogP contribution in [0.5, 0.6) is 6.01 Å². The molecule has 3 atom stereocenters. The zero-order chi connectivity index (χ0) is 34.4. The third kappa shape index (κ3) is 6.90. The Kier molecular flexibility index (Phi) is 9.48. The fourth-order valence-electron chi connectivity index (χ4n) is 7.19. The Labute approximate surface area is 280 Å². The first kappa shape index (κ1) is 34.2. The van der Waals surface area contributed by atoms with E-state index in [1.165, 1.54) is 11.0 Å². The molecule has 0 spiro atoms. The Balaban J connectivity index is 1.36. The highest BCUT2D eigenvalue weighted by Gasteiger charge is 2.49. The number of carbonyl (C=O) groups is 1. The summed E-state index contributed by atoms with van der Waals surface area (Å²) in [5, 5.41) is -0.515. The third-order valence-corrected chi connectivity index (χ3v) is 9.69. The number of alkyl halides is 4. The van der Waals surface area contributed by atoms with Gasteiger partial charge in [-0.2, -0.15) is 23.1 Å². The number of fused-ring (bicyclic) bond motifs is 2. The molecule has 0 radical (unpaired) electrons. The predicted octanol–water partition coefficient (Wildman–Crippen LogP) is 4.08. The number of nitrogen functional groups attached to an aromatic ring is 1. The largest absolute Gasteiger partial charge is 0.461 e. The van der Waals surface area contributed by atoms with Crippen molar-refractivity contribution in [2.45, 2.75) is 62.7 Å². The van der Waals surface area contributed by atoms with Crippen molar-refractivity contribution in [2.75, 3.05) is 64.1 Å². The van der Waals surface area contributed by atoms with E-state index in [0.717, 1.165) is 25.5 Å². The number of carbonyl (C=O) groups excluding carboxylic acids is 1. The first-order chi connectivity index (χ1) is 22.7. The number of nitrogens with two attached hydrogens (primary N) is 2. The average Bonchev–Trinajstić information content (AvgIpc) is 3.43. The second-order valence-electron chi connectivity index (χ2n) is 13.0. The van der Waals surface area contributed by atoms with Crippen LogP contribution in [0.4, 0.5) is 29.1 Å². The van der Waals surface area contributed by atoms with Gasteiger partial charge in [-0.05, 0) is 49.6 Å². The highest BCUT2D eigenvalue weighted by molar-refractivity contribution is 6.31. The molecule has 48 heavy (non-hydrogen) atoms. The van der Waals surface area contributed by atoms with Crippen LogP contribution in [0.15, 0.2) is 28.9 Å². The molecule has 1 aromatic carbocycles. The lowest BCUT2D eigenvalue weighted by atomic mass is 9.94. The molecule has 2 fully saturated rings. The molecule has 4 aliphatic heterocycles. The maximum absolute atomic E-state index is 14.5. The Hall–Kier alpha value is -3.69. The lowest BCUT2D eigenvalue weighted by Gasteiger charge is -2.33. The van der Waals surface area contributed by atoms with Crippen LogP contribution in [0.25, 0.3) is 0 Å². The summed E-state index contributed by atoms with van der Waals surface area (Å²) in [6, 6.07) is 2.34. The van der Waals surface area contributed by atoms with Crippen LogP contribution in [0, 0.1) is 0 Å². The number of ether oxygens (including phenoxy) is 2. The minimum Gasteiger partial charge on any atom is -0.461 e. The normalized spacial score (nSPS) is 24.9. The van der Waals surface area contributed by atoms with Crippen LogP contribution in [0.1, 0.15) is 54.2 Å². The van der Waals surface area contributed by atoms with E-state index >= 15 is 0 Å². The summed E-state index contributed by atoms with van der Waals surface area (Å²) in [5.41, 5.74) is 12.1. The van der Waals surface area contributed by atoms with E-state index in [4.69, 9.17) is 42.5 Å². The van der Waals surface area contributed by atoms with E-state index in [2.05, 4.69) is 9.89 Å². The molecule has 260 valence electrons. The molecule has 2 saturated heterocycles. The molecule has 0 bridgehead atoms. The van der Waals surface area contributed by atoms with E-state index < -0.39 is 34.6 Å². The van der Waals surface area contributed by atoms with Crippen molar-refractivity contribution in [2.24, 2.45) is 10.7 Å². The van der Waals surface area contributed by atoms with Crippen LogP contribution in [-0.4, -0.2) is 96.5 Å². The molecule has 0 unspecified atom stereocenters. The number of halogens is 5. The van der Waals surface area contributed by atoms with E-state index in [9.17, 15) is 22.4 Å². The Bertz CT molecular complexity index is 1640. The van der Waals surface area contributed by atoms with E-state index in [1.54, 1.807) is 20.2 Å². The number of anilines is 2. The van der Waals surface area contributed by atoms with E-state index in [0.29, 0.717) is 55.3 Å². The van der Waals surface area contributed by atoms with Crippen LogP contribution < -0.4 is 21.1 Å². The second kappa shape index (κ2) is 13.3. The van der Waals surface area contributed by atoms with Gasteiger partial charge in [-0.3, -0.25) is 14.7 Å². The zero-order valence-electron chi connectivity index (χ0n) is 26.8. The smallest absolute Gasteiger partial charge is 0.418 e. The highest BCUT2D eigenvalue weighted by atomic mass is 35.5. The third-order valence-electron chi connectivity index (χ3n) is 9.39. The van der Waals surface area contributed by atoms with Crippen LogP contribution in [0.3, 0.4) is 0 Å². The van der Waals surface area contributed by atoms with E-state index in [-0.39, 0.29) is 55.0 Å². The molecule has 1 aromatic heterocycles. The van der Waals surface area contributed by atoms with Crippen molar-refractivity contribution in [3.63, 3.8) is 0 Å². The predicted molar refractivity (Wildman–Crippen MR) is 173 cm³/mol. The summed E-state index contributed by atoms with van der Waals surface area (Å²) in [7, 11) is 3.20. The first-order valence-corrected chi connectivity index (χ1v) is 16.3. The standard InChI is InChI=1S/C32H39ClF4N8O3/c1-43(2)29(46)24(39)11-20-15-44(7-4-6-40-20)28-22-16-47-26(21-9-19(38)10-23(33)27(21)32(35,36)37)12-25(22)41-30(42-28)48-17-31-5-3-8-45(31)14-18(34)13-31/h9-11,18,26H,3-8,12-17,38-39H2,1-2H3/t18-,26+,31+/m1/s1. The van der Waals surface area contributed by atoms with Gasteiger partial charge in [-0.1, -0.05) is 11.6 Å². The zero-order valence-corrected chi connectivity index (χ0v) is 27.6. The summed E-state index contributed by atoms with van der Waals surface area (Å²) in [6.07, 6.45) is -2.53. The van der Waals surface area contributed by atoms with Crippen LogP contribution in [-0.2, 0) is 28.7 Å². The molecule has 11 nitrogen and oxygen atoms in total. The van der Waals surface area contributed by atoms with Crippen molar-refractivity contribution >= 4 is 34.7 Å². The molecule has 4 aliphatic rings. The van der Waals surface area contributed by atoms with Crippen molar-refractivity contribution < 1.29 is 31.8 Å². The highest BCUT2D eigenvalue weighted by Crippen LogP contribution is 2.45. The molecule has 5 heterocycles. The lowest BCUT2D eigenvalue weighted by molar-refractivity contribution is -0.139. The maximum Gasteiger partial charge on any atom is 0.418 e. The van der Waals surface area contributed by atoms with Gasteiger partial charge in [0.05, 0.1) is 52.5 Å². The topological polar surface area (TPSA) is 135 Å². The van der Waals surface area contributed by atoms with Crippen molar-refractivity contribution in [1.29, 1.82) is 0 Å². The number of likely N-dealkylation sites (N-methyl/N-ethyl adjacent to an activating group) is 1. The lowest BCUT2D eigenvalue weighted by Crippen LogP contribution is -2.43. The minimum absolute atomic E-state index is 0.0323. The fraction of sp³-hybridized carbons (Fsp3) is 0.562. The molecule has 16 heteroatoms. The Morgan fingerprint density at radius 1 is 1.25 bits per heavy atom. The fourth-order valence-corrected chi connectivity index (χ4v) is 7.53. The summed E-state index contributed by atoms with van der Waals surface area (Å²) in [6.45, 7) is 2.48. The summed E-state index contributed by atoms with van der Waals surface area (Å²) in [4.78, 5) is 32.0. The summed E-state index contributed by atoms with van der Waals surface area (Å²) >= 11 is 6.06. The van der Waals surface area contributed by atoms with Gasteiger partial charge in [-0.25, -0.2) is 4.39 Å². The molecule has 6 rings (SSSR count). The van der Waals surface area contributed by atoms with Gasteiger partial charge in [0.15, 0.2) is 0 Å². The summed E-state index contributed by atoms with van der Waals surface area (Å²) in [5.74, 6) is 0.122. The van der Waals surface area contributed by atoms with Gasteiger partial charge in [0.2, 0.25) is 0 Å². The quantitative estimate of drug-likeness (QED) is 0.250. The maximum atomic E-state index is 14.5. The molecule has 0 saturated carbocycles. The number of amides is 1. The first-order valence-electron chi connectivity index (χ1n) is 15.9. The number of benzene rings is 1. The number of nitrogens with zero attached hydrogens (tertiary/aromatic N) is 6. The second-order valence-corrected chi connectivity index (χ2v) is 13.4. The Morgan fingerprint density at radius 2 is 2.04 bits per heavy atom. The number of rotatable bonds is 7. The number of aromatic nitrogens is 2. The molecule has 1 amide bonds. The molecule has 4 N–H and O–H groups in total. The van der Waals surface area contributed by atoms with Gasteiger partial charge >= 0.3 is 12.2 Å². The van der Waals surface area contributed by atoms with Gasteiger partial charge in [-0.15, -0.1) is 0 Å². The monoisotopic (exact) mass is 694 g/mol. The molecular formula is C32H39ClF4N8O3. The van der Waals surface area contributed by atoms with Crippen LogP contribution >= 0.6 is 11.6 Å². The van der Waals surface area contributed by atoms with Gasteiger partial charge in [0.1, 0.15) is 18.6 Å². The van der Waals surface area contributed by atoms with Crippen LogP contribution in [0.2, 0.25) is 5.02 Å². The SMILES string of the molecule is CN(C)C(=O)C(N)=CC1=NCCCN(c2nc(OC[C@@]34CCCN3C[C@H](F)C4)nc3c2CO[C@H](c2cc(N)cc(Cl)c2C(F)(F)F)C3)C1. The minimum atomic E-state index is -4.75. The number of hydrogen-bond acceptors (Lipinski definition) is 10. The van der Waals surface area contributed by atoms with Gasteiger partial charge < -0.3 is 30.7 Å². The van der Waals surface area contributed by atoms with Gasteiger partial charge in [0.25, 0.3) is 5.91 Å². The van der Waals surface area contributed by atoms with E-state index in [1.807, 2.05) is 4.90 Å². The Morgan fingerprint density at radius 3 is 2.79 bits per heavy atom. The molecule has 0 aliphatic carbocycles. The van der Waals surface area contributed by atoms with Crippen molar-refractivity contribution in [3.05, 3.63) is 51.3 Å². The van der Waals surface area contributed by atoms with Crippen molar-refractivity contribution in [3.8, 4) is 6.01 Å². The average molecular weight is 695 g/mol. The summed E-state index contributed by atoms with van der Waals surface area (Å²) < 4.78 is 69.4. The molecular weight excluding hydrogens is 656 g/mol.